The second-order valence-corrected chi connectivity index (χ2v) is 9.61. The van der Waals surface area contributed by atoms with Crippen molar-refractivity contribution in [3.63, 3.8) is 0 Å². The molecule has 0 aliphatic heterocycles. The minimum absolute atomic E-state index is 0.0256. The van der Waals surface area contributed by atoms with Gasteiger partial charge in [0.1, 0.15) is 6.61 Å². The summed E-state index contributed by atoms with van der Waals surface area (Å²) in [6.07, 6.45) is -2.22. The summed E-state index contributed by atoms with van der Waals surface area (Å²) in [6.45, 7) is -1.75. The van der Waals surface area contributed by atoms with Crippen LogP contribution in [0.2, 0.25) is 0 Å². The van der Waals surface area contributed by atoms with Crippen LogP contribution in [0.5, 0.6) is 0 Å². The van der Waals surface area contributed by atoms with Crippen LogP contribution >= 0.6 is 67.8 Å². The third-order valence-electron chi connectivity index (χ3n) is 4.11. The average Bonchev–Trinajstić information content (AvgIpc) is 2.72. The van der Waals surface area contributed by atoms with E-state index >= 15 is 0 Å². The molecule has 30 heavy (non-hydrogen) atoms. The van der Waals surface area contributed by atoms with Gasteiger partial charge < -0.3 is 30.8 Å². The number of hydrogen-bond acceptors (Lipinski definition) is 8. The molecule has 0 saturated heterocycles. The lowest BCUT2D eigenvalue weighted by Gasteiger charge is -2.19. The Labute approximate surface area is 214 Å². The topological polar surface area (TPSA) is 164 Å². The van der Waals surface area contributed by atoms with Gasteiger partial charge in [-0.05, 0) is 80.6 Å². The van der Waals surface area contributed by atoms with Crippen LogP contribution in [0.1, 0.15) is 46.4 Å². The van der Waals surface area contributed by atoms with Gasteiger partial charge in [0, 0.05) is 34.7 Å². The molecule has 9 nitrogen and oxygen atoms in total. The van der Waals surface area contributed by atoms with Gasteiger partial charge in [-0.3, -0.25) is 14.4 Å². The highest BCUT2D eigenvalue weighted by Gasteiger charge is 2.28. The van der Waals surface area contributed by atoms with Gasteiger partial charge in [-0.15, -0.1) is 0 Å². The highest BCUT2D eigenvalue weighted by atomic mass is 127. The molecular formula is C18H22I3NO8. The SMILES string of the molecule is O=C(CO)Nc1c(I)c(C(=O)CCC(O)CO)c(I)c(C(=O)CCC(O)CO)c1I. The van der Waals surface area contributed by atoms with Crippen molar-refractivity contribution >= 4 is 90.9 Å². The normalized spacial score (nSPS) is 13.1. The largest absolute Gasteiger partial charge is 0.394 e. The summed E-state index contributed by atoms with van der Waals surface area (Å²) in [7, 11) is 0. The molecule has 12 heteroatoms. The fourth-order valence-corrected chi connectivity index (χ4v) is 7.11. The number of amides is 1. The van der Waals surface area contributed by atoms with Gasteiger partial charge in [0.15, 0.2) is 11.6 Å². The quantitative estimate of drug-likeness (QED) is 0.136. The zero-order valence-corrected chi connectivity index (χ0v) is 22.2. The number of anilines is 1. The fourth-order valence-electron chi connectivity index (χ4n) is 2.47. The Morgan fingerprint density at radius 2 is 1.17 bits per heavy atom. The number of nitrogens with one attached hydrogen (secondary N) is 1. The first-order chi connectivity index (χ1) is 14.1. The second-order valence-electron chi connectivity index (χ2n) is 6.37. The summed E-state index contributed by atoms with van der Waals surface area (Å²) in [5.74, 6) is -1.47. The molecule has 1 aromatic rings. The fraction of sp³-hybridized carbons (Fsp3) is 0.500. The molecule has 1 aromatic carbocycles. The number of halogens is 3. The first-order valence-corrected chi connectivity index (χ1v) is 12.1. The van der Waals surface area contributed by atoms with E-state index in [4.69, 9.17) is 15.3 Å². The smallest absolute Gasteiger partial charge is 0.250 e. The number of aliphatic hydroxyl groups excluding tert-OH is 5. The third-order valence-corrected chi connectivity index (χ3v) is 7.35. The minimum Gasteiger partial charge on any atom is -0.394 e. The van der Waals surface area contributed by atoms with Gasteiger partial charge in [0.25, 0.3) is 0 Å². The first kappa shape index (κ1) is 28.1. The maximum Gasteiger partial charge on any atom is 0.250 e. The molecule has 0 spiro atoms. The number of rotatable bonds is 12. The molecule has 0 radical (unpaired) electrons. The Bertz CT molecular complexity index is 749. The van der Waals surface area contributed by atoms with E-state index in [1.807, 2.05) is 67.8 Å². The molecule has 0 aromatic heterocycles. The molecule has 0 aliphatic rings. The monoisotopic (exact) mass is 761 g/mol. The molecule has 0 fully saturated rings. The van der Waals surface area contributed by atoms with E-state index in [0.29, 0.717) is 10.7 Å². The molecular weight excluding hydrogens is 739 g/mol. The zero-order valence-electron chi connectivity index (χ0n) is 15.7. The van der Waals surface area contributed by atoms with E-state index in [2.05, 4.69) is 5.32 Å². The van der Waals surface area contributed by atoms with Crippen molar-refractivity contribution in [3.8, 4) is 0 Å². The van der Waals surface area contributed by atoms with Gasteiger partial charge in [-0.2, -0.15) is 0 Å². The standard InChI is InChI=1S/C18H22I3NO8/c19-15-13(10(28)3-1-8(26)5-23)16(20)18(22-12(30)7-25)17(21)14(15)11(29)4-2-9(27)6-24/h8-9,23-27H,1-7H2,(H,22,30). The van der Waals surface area contributed by atoms with Gasteiger partial charge in [-0.25, -0.2) is 0 Å². The van der Waals surface area contributed by atoms with E-state index in [0.717, 1.165) is 0 Å². The highest BCUT2D eigenvalue weighted by Crippen LogP contribution is 2.37. The number of ketones is 2. The van der Waals surface area contributed by atoms with Crippen LogP contribution in [-0.2, 0) is 4.79 Å². The number of carbonyl (C=O) groups is 3. The molecule has 1 rings (SSSR count). The van der Waals surface area contributed by atoms with E-state index in [9.17, 15) is 24.6 Å². The number of Topliss-reactive ketones (excluding diaryl/α,β-unsaturated/α-hetero) is 2. The Hall–Kier alpha value is 0.0200. The van der Waals surface area contributed by atoms with E-state index in [-0.39, 0.29) is 54.1 Å². The Morgan fingerprint density at radius 1 is 0.767 bits per heavy atom. The van der Waals surface area contributed by atoms with Crippen molar-refractivity contribution in [1.82, 2.24) is 0 Å². The van der Waals surface area contributed by atoms with E-state index < -0.39 is 37.9 Å². The van der Waals surface area contributed by atoms with E-state index in [1.165, 1.54) is 0 Å². The van der Waals surface area contributed by atoms with Gasteiger partial charge in [-0.1, -0.05) is 0 Å². The van der Waals surface area contributed by atoms with Crippen molar-refractivity contribution in [1.29, 1.82) is 0 Å². The Morgan fingerprint density at radius 3 is 1.50 bits per heavy atom. The van der Waals surface area contributed by atoms with Gasteiger partial charge in [0.05, 0.1) is 31.1 Å². The van der Waals surface area contributed by atoms with Crippen LogP contribution in [0.4, 0.5) is 5.69 Å². The molecule has 2 unspecified atom stereocenters. The number of hydrogen-bond donors (Lipinski definition) is 6. The summed E-state index contributed by atoms with van der Waals surface area (Å²) in [5.41, 5.74) is 0.606. The summed E-state index contributed by atoms with van der Waals surface area (Å²) in [6, 6.07) is 0. The van der Waals surface area contributed by atoms with E-state index in [1.54, 1.807) is 0 Å². The zero-order chi connectivity index (χ0) is 23.0. The lowest BCUT2D eigenvalue weighted by molar-refractivity contribution is -0.118. The Balaban J connectivity index is 3.48. The number of aliphatic hydroxyl groups is 5. The molecule has 6 N–H and O–H groups in total. The summed E-state index contributed by atoms with van der Waals surface area (Å²) < 4.78 is 1.15. The maximum absolute atomic E-state index is 12.9. The summed E-state index contributed by atoms with van der Waals surface area (Å²) in [4.78, 5) is 37.5. The van der Waals surface area contributed by atoms with Crippen LogP contribution in [0, 0.1) is 10.7 Å². The van der Waals surface area contributed by atoms with Gasteiger partial charge >= 0.3 is 0 Å². The van der Waals surface area contributed by atoms with Crippen LogP contribution in [0.15, 0.2) is 0 Å². The lowest BCUT2D eigenvalue weighted by atomic mass is 9.97. The van der Waals surface area contributed by atoms with Crippen LogP contribution < -0.4 is 5.32 Å². The van der Waals surface area contributed by atoms with Crippen molar-refractivity contribution < 1.29 is 39.9 Å². The van der Waals surface area contributed by atoms with Crippen LogP contribution in [0.3, 0.4) is 0 Å². The summed E-state index contributed by atoms with van der Waals surface area (Å²) >= 11 is 5.63. The van der Waals surface area contributed by atoms with Gasteiger partial charge in [0.2, 0.25) is 5.91 Å². The summed E-state index contributed by atoms with van der Waals surface area (Å²) in [5, 5.41) is 48.6. The molecule has 168 valence electrons. The van der Waals surface area contributed by atoms with Crippen molar-refractivity contribution in [2.75, 3.05) is 25.1 Å². The predicted octanol–water partition coefficient (Wildman–Crippen LogP) is 1.06. The predicted molar refractivity (Wildman–Crippen MR) is 134 cm³/mol. The third kappa shape index (κ3) is 7.56. The molecule has 0 aliphatic carbocycles. The van der Waals surface area contributed by atoms with Crippen molar-refractivity contribution in [3.05, 3.63) is 21.8 Å². The Kier molecular flexibility index (Phi) is 12.7. The van der Waals surface area contributed by atoms with Crippen molar-refractivity contribution in [2.45, 2.75) is 37.9 Å². The maximum atomic E-state index is 12.9. The number of carbonyl (C=O) groups excluding carboxylic acids is 3. The lowest BCUT2D eigenvalue weighted by Crippen LogP contribution is -2.22. The van der Waals surface area contributed by atoms with Crippen molar-refractivity contribution in [2.24, 2.45) is 0 Å². The van der Waals surface area contributed by atoms with Crippen LogP contribution in [0.25, 0.3) is 0 Å². The molecule has 1 amide bonds. The highest BCUT2D eigenvalue weighted by molar-refractivity contribution is 14.1. The van der Waals surface area contributed by atoms with Crippen LogP contribution in [-0.4, -0.2) is 75.0 Å². The molecule has 2 atom stereocenters. The first-order valence-electron chi connectivity index (χ1n) is 8.84. The average molecular weight is 761 g/mol. The number of benzene rings is 1. The molecule has 0 heterocycles. The molecule has 0 saturated carbocycles. The molecule has 0 bridgehead atoms. The second kappa shape index (κ2) is 13.5. The minimum atomic E-state index is -1.05.